The Morgan fingerprint density at radius 1 is 1.20 bits per heavy atom. The third kappa shape index (κ3) is 3.59. The molecule has 2 N–H and O–H groups in total. The molecule has 0 aliphatic heterocycles. The second-order valence-electron chi connectivity index (χ2n) is 4.02. The van der Waals surface area contributed by atoms with Crippen LogP contribution in [0.15, 0.2) is 36.7 Å². The van der Waals surface area contributed by atoms with Crippen molar-refractivity contribution >= 4 is 5.69 Å². The Kier molecular flexibility index (Phi) is 4.07. The summed E-state index contributed by atoms with van der Waals surface area (Å²) in [5.41, 5.74) is 5.37. The van der Waals surface area contributed by atoms with Crippen LogP contribution in [0.5, 0.6) is 5.75 Å². The van der Waals surface area contributed by atoms with Gasteiger partial charge in [0.25, 0.3) is 0 Å². The van der Waals surface area contributed by atoms with E-state index in [9.17, 15) is 13.2 Å². The van der Waals surface area contributed by atoms with E-state index in [0.717, 1.165) is 18.0 Å². The van der Waals surface area contributed by atoms with Crippen molar-refractivity contribution < 1.29 is 17.9 Å². The van der Waals surface area contributed by atoms with Gasteiger partial charge in [-0.15, -0.1) is 0 Å². The van der Waals surface area contributed by atoms with Crippen molar-refractivity contribution in [3.63, 3.8) is 0 Å². The number of hydrogen-bond donors (Lipinski definition) is 1. The largest absolute Gasteiger partial charge is 0.491 e. The highest BCUT2D eigenvalue weighted by atomic mass is 19.4. The standard InChI is InChI=1S/C13H12F3N3O/c14-13(15,16)12-7-11(10(17)8-19-12)20-6-4-9-3-1-2-5-18-9/h1-3,5,7-8H,4,6,17H2. The van der Waals surface area contributed by atoms with Gasteiger partial charge < -0.3 is 10.5 Å². The first-order valence-corrected chi connectivity index (χ1v) is 5.82. The fourth-order valence-corrected chi connectivity index (χ4v) is 1.54. The summed E-state index contributed by atoms with van der Waals surface area (Å²) in [4.78, 5) is 7.32. The maximum absolute atomic E-state index is 12.5. The molecule has 4 nitrogen and oxygen atoms in total. The fourth-order valence-electron chi connectivity index (χ4n) is 1.54. The second-order valence-corrected chi connectivity index (χ2v) is 4.02. The molecule has 0 unspecified atom stereocenters. The van der Waals surface area contributed by atoms with Gasteiger partial charge in [-0.05, 0) is 12.1 Å². The minimum atomic E-state index is -4.52. The summed E-state index contributed by atoms with van der Waals surface area (Å²) in [6.07, 6.45) is -1.46. The first-order chi connectivity index (χ1) is 9.47. The highest BCUT2D eigenvalue weighted by molar-refractivity contribution is 5.51. The molecule has 0 saturated carbocycles. The maximum atomic E-state index is 12.5. The highest BCUT2D eigenvalue weighted by Crippen LogP contribution is 2.32. The van der Waals surface area contributed by atoms with Crippen molar-refractivity contribution in [1.82, 2.24) is 9.97 Å². The number of ether oxygens (including phenoxy) is 1. The molecule has 0 aliphatic carbocycles. The van der Waals surface area contributed by atoms with Crippen molar-refractivity contribution in [3.8, 4) is 5.75 Å². The molecule has 106 valence electrons. The lowest BCUT2D eigenvalue weighted by molar-refractivity contribution is -0.141. The fraction of sp³-hybridized carbons (Fsp3) is 0.231. The minimum Gasteiger partial charge on any atom is -0.491 e. The number of hydrogen-bond acceptors (Lipinski definition) is 4. The molecule has 2 aromatic rings. The lowest BCUT2D eigenvalue weighted by Gasteiger charge is -2.11. The SMILES string of the molecule is Nc1cnc(C(F)(F)F)cc1OCCc1ccccn1. The number of nitrogen functional groups attached to an aromatic ring is 1. The summed E-state index contributed by atoms with van der Waals surface area (Å²) in [6, 6.07) is 6.21. The second kappa shape index (κ2) is 5.77. The summed E-state index contributed by atoms with van der Waals surface area (Å²) in [6.45, 7) is 0.183. The van der Waals surface area contributed by atoms with E-state index in [4.69, 9.17) is 10.5 Å². The number of alkyl halides is 3. The Morgan fingerprint density at radius 2 is 2.00 bits per heavy atom. The molecule has 0 radical (unpaired) electrons. The van der Waals surface area contributed by atoms with Crippen LogP contribution < -0.4 is 10.5 Å². The smallest absolute Gasteiger partial charge is 0.433 e. The van der Waals surface area contributed by atoms with Gasteiger partial charge in [-0.25, -0.2) is 4.98 Å². The molecule has 0 aromatic carbocycles. The Hall–Kier alpha value is -2.31. The summed E-state index contributed by atoms with van der Waals surface area (Å²) >= 11 is 0. The third-order valence-corrected chi connectivity index (χ3v) is 2.53. The zero-order chi connectivity index (χ0) is 14.6. The van der Waals surface area contributed by atoms with Crippen LogP contribution in [0, 0.1) is 0 Å². The molecule has 0 aliphatic rings. The summed E-state index contributed by atoms with van der Waals surface area (Å²) < 4.78 is 42.8. The van der Waals surface area contributed by atoms with Gasteiger partial charge in [0.2, 0.25) is 0 Å². The maximum Gasteiger partial charge on any atom is 0.433 e. The van der Waals surface area contributed by atoms with Gasteiger partial charge in [0, 0.05) is 24.4 Å². The first kappa shape index (κ1) is 14.1. The lowest BCUT2D eigenvalue weighted by Crippen LogP contribution is -2.10. The molecule has 0 fully saturated rings. The molecule has 20 heavy (non-hydrogen) atoms. The summed E-state index contributed by atoms with van der Waals surface area (Å²) in [5, 5.41) is 0. The predicted molar refractivity (Wildman–Crippen MR) is 67.1 cm³/mol. The average molecular weight is 283 g/mol. The number of nitrogens with two attached hydrogens (primary N) is 1. The van der Waals surface area contributed by atoms with Crippen LogP contribution in [0.1, 0.15) is 11.4 Å². The molecule has 2 aromatic heterocycles. The van der Waals surface area contributed by atoms with Crippen LogP contribution in [-0.4, -0.2) is 16.6 Å². The molecule has 0 spiro atoms. The molecular formula is C13H12F3N3O. The van der Waals surface area contributed by atoms with Gasteiger partial charge in [0.1, 0.15) is 11.4 Å². The van der Waals surface area contributed by atoms with E-state index < -0.39 is 11.9 Å². The average Bonchev–Trinajstić information content (AvgIpc) is 2.41. The molecule has 0 bridgehead atoms. The van der Waals surface area contributed by atoms with Crippen LogP contribution in [-0.2, 0) is 12.6 Å². The normalized spacial score (nSPS) is 11.3. The van der Waals surface area contributed by atoms with Crippen molar-refractivity contribution in [2.75, 3.05) is 12.3 Å². The minimum absolute atomic E-state index is 0.0248. The molecule has 7 heteroatoms. The lowest BCUT2D eigenvalue weighted by atomic mass is 10.3. The predicted octanol–water partition coefficient (Wildman–Crippen LogP) is 2.70. The van der Waals surface area contributed by atoms with Crippen molar-refractivity contribution in [2.24, 2.45) is 0 Å². The Morgan fingerprint density at radius 3 is 2.65 bits per heavy atom. The number of nitrogens with zero attached hydrogens (tertiary/aromatic N) is 2. The van der Waals surface area contributed by atoms with Crippen LogP contribution in [0.2, 0.25) is 0 Å². The van der Waals surface area contributed by atoms with E-state index in [1.807, 2.05) is 6.07 Å². The van der Waals surface area contributed by atoms with Crippen LogP contribution in [0.3, 0.4) is 0 Å². The first-order valence-electron chi connectivity index (χ1n) is 5.82. The van der Waals surface area contributed by atoms with Gasteiger partial charge in [-0.1, -0.05) is 6.07 Å². The van der Waals surface area contributed by atoms with Gasteiger partial charge in [-0.2, -0.15) is 13.2 Å². The highest BCUT2D eigenvalue weighted by Gasteiger charge is 2.33. The zero-order valence-corrected chi connectivity index (χ0v) is 10.4. The Labute approximate surface area is 113 Å². The van der Waals surface area contributed by atoms with E-state index in [0.29, 0.717) is 6.42 Å². The van der Waals surface area contributed by atoms with Gasteiger partial charge in [0.15, 0.2) is 0 Å². The Bertz CT molecular complexity index is 573. The number of anilines is 1. The van der Waals surface area contributed by atoms with Crippen LogP contribution in [0.4, 0.5) is 18.9 Å². The number of halogens is 3. The van der Waals surface area contributed by atoms with Crippen molar-refractivity contribution in [1.29, 1.82) is 0 Å². The zero-order valence-electron chi connectivity index (χ0n) is 10.4. The molecule has 0 amide bonds. The van der Waals surface area contributed by atoms with Gasteiger partial charge in [0.05, 0.1) is 18.5 Å². The molecular weight excluding hydrogens is 271 g/mol. The van der Waals surface area contributed by atoms with E-state index in [1.54, 1.807) is 18.3 Å². The molecule has 0 atom stereocenters. The van der Waals surface area contributed by atoms with E-state index in [-0.39, 0.29) is 18.0 Å². The van der Waals surface area contributed by atoms with Crippen molar-refractivity contribution in [3.05, 3.63) is 48.0 Å². The third-order valence-electron chi connectivity index (χ3n) is 2.53. The summed E-state index contributed by atoms with van der Waals surface area (Å²) in [5.74, 6) is -0.0248. The van der Waals surface area contributed by atoms with Crippen LogP contribution in [0.25, 0.3) is 0 Å². The van der Waals surface area contributed by atoms with E-state index in [2.05, 4.69) is 9.97 Å². The number of aromatic nitrogens is 2. The number of rotatable bonds is 4. The number of pyridine rings is 2. The summed E-state index contributed by atoms with van der Waals surface area (Å²) in [7, 11) is 0. The topological polar surface area (TPSA) is 61.0 Å². The van der Waals surface area contributed by atoms with Gasteiger partial charge in [-0.3, -0.25) is 4.98 Å². The molecule has 2 rings (SSSR count). The monoisotopic (exact) mass is 283 g/mol. The molecule has 0 saturated heterocycles. The van der Waals surface area contributed by atoms with E-state index in [1.165, 1.54) is 0 Å². The van der Waals surface area contributed by atoms with Crippen molar-refractivity contribution in [2.45, 2.75) is 12.6 Å². The molecule has 2 heterocycles. The van der Waals surface area contributed by atoms with Crippen LogP contribution >= 0.6 is 0 Å². The Balaban J connectivity index is 2.02. The van der Waals surface area contributed by atoms with Gasteiger partial charge >= 0.3 is 6.18 Å². The van der Waals surface area contributed by atoms with E-state index >= 15 is 0 Å². The quantitative estimate of drug-likeness (QED) is 0.937.